The molecule has 0 spiro atoms. The second-order valence-corrected chi connectivity index (χ2v) is 18.5. The number of nitrogens with zero attached hydrogens (tertiary/aromatic N) is 3. The molecule has 0 aliphatic carbocycles. The van der Waals surface area contributed by atoms with Gasteiger partial charge in [-0.1, -0.05) is 43.4 Å². The zero-order chi connectivity index (χ0) is 47.5. The molecule has 1 amide bonds. The van der Waals surface area contributed by atoms with Gasteiger partial charge in [0, 0.05) is 38.0 Å². The van der Waals surface area contributed by atoms with E-state index in [-0.39, 0.29) is 43.7 Å². The van der Waals surface area contributed by atoms with Crippen molar-refractivity contribution in [2.45, 2.75) is 136 Å². The van der Waals surface area contributed by atoms with Crippen molar-refractivity contribution >= 4 is 30.2 Å². The maximum atomic E-state index is 14.1. The van der Waals surface area contributed by atoms with Crippen molar-refractivity contribution in [3.8, 4) is 11.5 Å². The van der Waals surface area contributed by atoms with Crippen molar-refractivity contribution in [1.82, 2.24) is 14.5 Å². The number of rotatable bonds is 13. The lowest BCUT2D eigenvalue weighted by Gasteiger charge is -2.27. The number of cyclic esters (lactones) is 1. The van der Waals surface area contributed by atoms with Crippen LogP contribution >= 0.6 is 0 Å². The summed E-state index contributed by atoms with van der Waals surface area (Å²) >= 11 is 0. The molecule has 2 aliphatic heterocycles. The number of benzene rings is 2. The van der Waals surface area contributed by atoms with Gasteiger partial charge in [0.05, 0.1) is 24.8 Å². The molecule has 3 heterocycles. The summed E-state index contributed by atoms with van der Waals surface area (Å²) in [5.74, 6) is -1.49. The van der Waals surface area contributed by atoms with Crippen molar-refractivity contribution in [1.29, 1.82) is 0 Å². The van der Waals surface area contributed by atoms with Gasteiger partial charge in [-0.3, -0.25) is 0 Å². The second-order valence-electron chi connectivity index (χ2n) is 18.5. The van der Waals surface area contributed by atoms with Crippen LogP contribution in [0.25, 0.3) is 6.08 Å². The van der Waals surface area contributed by atoms with Crippen LogP contribution < -0.4 is 9.47 Å². The number of esters is 2. The van der Waals surface area contributed by atoms with E-state index in [2.05, 4.69) is 4.98 Å². The fourth-order valence-electron chi connectivity index (χ4n) is 6.95. The predicted octanol–water partition coefficient (Wildman–Crippen LogP) is 9.15. The Hall–Kier alpha value is -5.71. The van der Waals surface area contributed by atoms with Gasteiger partial charge in [-0.15, -0.1) is 0 Å². The Morgan fingerprint density at radius 3 is 2.35 bits per heavy atom. The number of aromatic nitrogens is 2. The lowest BCUT2D eigenvalue weighted by Crippen LogP contribution is -2.38. The molecule has 3 aromatic rings. The fourth-order valence-corrected chi connectivity index (χ4v) is 6.95. The van der Waals surface area contributed by atoms with Crippen LogP contribution in [-0.2, 0) is 39.7 Å². The van der Waals surface area contributed by atoms with Crippen molar-refractivity contribution in [2.24, 2.45) is 5.92 Å². The molecule has 16 nitrogen and oxygen atoms in total. The zero-order valence-electron chi connectivity index (χ0n) is 39.5. The molecule has 0 bridgehead atoms. The number of carbonyl (C=O) groups excluding carboxylic acids is 4. The van der Waals surface area contributed by atoms with E-state index in [0.717, 1.165) is 0 Å². The average Bonchev–Trinajstić information content (AvgIpc) is 3.82. The number of hydrogen-bond donors (Lipinski definition) is 0. The molecule has 5 rings (SSSR count). The molecule has 1 saturated heterocycles. The smallest absolute Gasteiger partial charge is 0.420 e. The molecule has 0 N–H and O–H groups in total. The SMILES string of the molecule is COCOc1cc(OCCCCN(Cc2nccn2C(=O)OC(C)(C)C)C(=O)OC(C)(C)C)cc2c1C(=O)O[C@@H](C)[C@H](C)/C=C\C(OC(=O)c1ccccc1)[C@H]1OC(C)(C)O[C@H]1CC=C2. The first-order valence-corrected chi connectivity index (χ1v) is 22.0. The molecule has 1 aromatic heterocycles. The number of hydrogen-bond acceptors (Lipinski definition) is 14. The third kappa shape index (κ3) is 14.9. The van der Waals surface area contributed by atoms with E-state index < -0.39 is 65.5 Å². The van der Waals surface area contributed by atoms with Gasteiger partial charge in [-0.25, -0.2) is 28.7 Å². The molecule has 0 radical (unpaired) electrons. The number of methoxy groups -OCH3 is 1. The normalized spacial score (nSPS) is 21.5. The summed E-state index contributed by atoms with van der Waals surface area (Å²) in [6.45, 7) is 18.3. The van der Waals surface area contributed by atoms with Gasteiger partial charge in [-0.05, 0) is 111 Å². The molecular weight excluding hydrogens is 839 g/mol. The van der Waals surface area contributed by atoms with Gasteiger partial charge in [0.2, 0.25) is 0 Å². The minimum atomic E-state index is -0.979. The highest BCUT2D eigenvalue weighted by Crippen LogP contribution is 2.36. The number of ether oxygens (including phenoxy) is 9. The molecule has 2 aromatic carbocycles. The maximum Gasteiger partial charge on any atom is 0.420 e. The van der Waals surface area contributed by atoms with Gasteiger partial charge < -0.3 is 47.5 Å². The molecule has 16 heteroatoms. The average molecular weight is 904 g/mol. The molecule has 1 unspecified atom stereocenters. The van der Waals surface area contributed by atoms with Crippen molar-refractivity contribution in [3.63, 3.8) is 0 Å². The minimum absolute atomic E-state index is 0.00108. The Kier molecular flexibility index (Phi) is 17.0. The highest BCUT2D eigenvalue weighted by Gasteiger charge is 2.45. The molecule has 0 saturated carbocycles. The highest BCUT2D eigenvalue weighted by atomic mass is 16.8. The van der Waals surface area contributed by atoms with Crippen LogP contribution in [0.1, 0.15) is 121 Å². The summed E-state index contributed by atoms with van der Waals surface area (Å²) in [5, 5.41) is 0. The van der Waals surface area contributed by atoms with E-state index >= 15 is 0 Å². The van der Waals surface area contributed by atoms with Crippen molar-refractivity contribution in [3.05, 3.63) is 95.6 Å². The monoisotopic (exact) mass is 903 g/mol. The Balaban J connectivity index is 1.36. The summed E-state index contributed by atoms with van der Waals surface area (Å²) in [6, 6.07) is 12.1. The summed E-state index contributed by atoms with van der Waals surface area (Å²) < 4.78 is 54.8. The number of imidazole rings is 1. The summed E-state index contributed by atoms with van der Waals surface area (Å²) in [5.41, 5.74) is -0.446. The maximum absolute atomic E-state index is 14.1. The first-order chi connectivity index (χ1) is 30.6. The molecule has 1 fully saturated rings. The first kappa shape index (κ1) is 50.3. The van der Waals surface area contributed by atoms with Gasteiger partial charge >= 0.3 is 24.1 Å². The molecule has 65 heavy (non-hydrogen) atoms. The van der Waals surface area contributed by atoms with Crippen LogP contribution in [-0.4, -0.2) is 107 Å². The van der Waals surface area contributed by atoms with E-state index in [1.165, 1.54) is 29.0 Å². The van der Waals surface area contributed by atoms with Crippen LogP contribution in [0.15, 0.2) is 73.1 Å². The third-order valence-corrected chi connectivity index (χ3v) is 10.1. The summed E-state index contributed by atoms with van der Waals surface area (Å²) in [4.78, 5) is 59.5. The van der Waals surface area contributed by atoms with E-state index in [9.17, 15) is 19.2 Å². The minimum Gasteiger partial charge on any atom is -0.493 e. The molecular formula is C49H65N3O13. The summed E-state index contributed by atoms with van der Waals surface area (Å²) in [7, 11) is 1.48. The highest BCUT2D eigenvalue weighted by molar-refractivity contribution is 5.97. The quantitative estimate of drug-likeness (QED) is 0.0522. The van der Waals surface area contributed by atoms with E-state index in [1.807, 2.05) is 39.0 Å². The van der Waals surface area contributed by atoms with Gasteiger partial charge in [0.25, 0.3) is 0 Å². The van der Waals surface area contributed by atoms with E-state index in [0.29, 0.717) is 42.0 Å². The van der Waals surface area contributed by atoms with Crippen molar-refractivity contribution < 1.29 is 61.8 Å². The van der Waals surface area contributed by atoms with Crippen LogP contribution in [0.3, 0.4) is 0 Å². The van der Waals surface area contributed by atoms with E-state index in [4.69, 9.17) is 42.6 Å². The number of carbonyl (C=O) groups is 4. The lowest BCUT2D eigenvalue weighted by atomic mass is 9.98. The van der Waals surface area contributed by atoms with Crippen LogP contribution in [0, 0.1) is 5.92 Å². The standard InChI is InChI=1S/C49H65N3O13/c1-32-22-23-37(61-43(53)34-18-13-12-14-19-34)42-38(62-49(9,10)63-42)21-17-20-35-28-36(29-39(59-31-57-11)41(35)44(54)60-33(32)2)58-27-16-15-25-51(45(55)64-47(3,4)5)30-40-50-24-26-52(40)46(56)65-48(6,7)8/h12-14,17-20,22-24,26,28-29,32-33,37-38,42H,15-16,21,25,27,30-31H2,1-11H3/b20-17?,23-22-/t32-,33+,37?,38+,42-/m1/s1. The first-order valence-electron chi connectivity index (χ1n) is 22.0. The Labute approximate surface area is 382 Å². The Bertz CT molecular complexity index is 2150. The molecule has 5 atom stereocenters. The zero-order valence-corrected chi connectivity index (χ0v) is 39.5. The largest absolute Gasteiger partial charge is 0.493 e. The number of amides is 1. The Morgan fingerprint density at radius 1 is 0.938 bits per heavy atom. The Morgan fingerprint density at radius 2 is 1.66 bits per heavy atom. The number of fused-ring (bicyclic) bond motifs is 2. The summed E-state index contributed by atoms with van der Waals surface area (Å²) in [6.07, 6.45) is 7.76. The number of unbranched alkanes of at least 4 members (excludes halogenated alkanes) is 1. The van der Waals surface area contributed by atoms with Gasteiger partial charge in [-0.2, -0.15) is 0 Å². The van der Waals surface area contributed by atoms with Crippen LogP contribution in [0.4, 0.5) is 9.59 Å². The van der Waals surface area contributed by atoms with Crippen molar-refractivity contribution in [2.75, 3.05) is 27.1 Å². The molecule has 354 valence electrons. The topological polar surface area (TPSA) is 172 Å². The molecule has 2 aliphatic rings. The predicted molar refractivity (Wildman–Crippen MR) is 240 cm³/mol. The van der Waals surface area contributed by atoms with Gasteiger partial charge in [0.1, 0.15) is 52.4 Å². The van der Waals surface area contributed by atoms with Crippen LogP contribution in [0.2, 0.25) is 0 Å². The fraction of sp³-hybridized carbons (Fsp3) is 0.531. The lowest BCUT2D eigenvalue weighted by molar-refractivity contribution is -0.152. The van der Waals surface area contributed by atoms with E-state index in [1.54, 1.807) is 97.0 Å². The van der Waals surface area contributed by atoms with Crippen LogP contribution in [0.5, 0.6) is 11.5 Å². The van der Waals surface area contributed by atoms with Gasteiger partial charge in [0.15, 0.2) is 12.6 Å². The third-order valence-electron chi connectivity index (χ3n) is 10.1. The second kappa shape index (κ2) is 22.0.